The third kappa shape index (κ3) is 3.98. The van der Waals surface area contributed by atoms with Gasteiger partial charge in [0.2, 0.25) is 5.91 Å². The average molecular weight is 423 g/mol. The van der Waals surface area contributed by atoms with E-state index >= 15 is 0 Å². The molecule has 2 fully saturated rings. The van der Waals surface area contributed by atoms with Crippen molar-refractivity contribution in [3.8, 4) is 5.75 Å². The zero-order valence-corrected chi connectivity index (χ0v) is 17.8. The largest absolute Gasteiger partial charge is 0.488 e. The average Bonchev–Trinajstić information content (AvgIpc) is 3.54. The van der Waals surface area contributed by atoms with E-state index in [1.165, 1.54) is 6.07 Å². The number of rotatable bonds is 5. The molecule has 1 aromatic heterocycles. The molecule has 31 heavy (non-hydrogen) atoms. The predicted molar refractivity (Wildman–Crippen MR) is 115 cm³/mol. The molecule has 0 N–H and O–H groups in total. The van der Waals surface area contributed by atoms with Crippen molar-refractivity contribution in [3.63, 3.8) is 0 Å². The number of anilines is 1. The Morgan fingerprint density at radius 2 is 1.90 bits per heavy atom. The molecule has 0 unspecified atom stereocenters. The number of aromatic nitrogens is 2. The molecule has 1 saturated carbocycles. The fraction of sp³-hybridized carbons (Fsp3) is 0.478. The van der Waals surface area contributed by atoms with Gasteiger partial charge in [0, 0.05) is 43.7 Å². The fourth-order valence-electron chi connectivity index (χ4n) is 4.15. The van der Waals surface area contributed by atoms with Crippen LogP contribution in [0.15, 0.2) is 29.5 Å². The minimum absolute atomic E-state index is 0.120. The Kier molecular flexibility index (Phi) is 5.08. The van der Waals surface area contributed by atoms with Crippen LogP contribution in [0.3, 0.4) is 0 Å². The molecule has 1 amide bonds. The number of carbonyl (C=O) groups excluding carboxylic acids is 1. The smallest absolute Gasteiger partial charge is 0.225 e. The van der Waals surface area contributed by atoms with Crippen LogP contribution in [0.2, 0.25) is 0 Å². The maximum Gasteiger partial charge on any atom is 0.225 e. The van der Waals surface area contributed by atoms with Gasteiger partial charge in [-0.1, -0.05) is 0 Å². The van der Waals surface area contributed by atoms with Gasteiger partial charge in [-0.3, -0.25) is 9.79 Å². The molecule has 8 heteroatoms. The number of halogens is 1. The van der Waals surface area contributed by atoms with Crippen LogP contribution in [0.5, 0.6) is 5.75 Å². The molecule has 2 aliphatic heterocycles. The van der Waals surface area contributed by atoms with Crippen molar-refractivity contribution in [2.45, 2.75) is 39.3 Å². The van der Waals surface area contributed by atoms with Crippen LogP contribution in [0.25, 0.3) is 0 Å². The number of piperazine rings is 1. The molecule has 2 aromatic rings. The first kappa shape index (κ1) is 19.9. The van der Waals surface area contributed by atoms with Gasteiger partial charge in [0.1, 0.15) is 12.1 Å². The molecule has 0 spiro atoms. The van der Waals surface area contributed by atoms with Gasteiger partial charge in [-0.15, -0.1) is 0 Å². The van der Waals surface area contributed by atoms with Gasteiger partial charge in [-0.25, -0.2) is 14.4 Å². The van der Waals surface area contributed by atoms with E-state index < -0.39 is 0 Å². The van der Waals surface area contributed by atoms with E-state index in [0.717, 1.165) is 48.6 Å². The van der Waals surface area contributed by atoms with E-state index in [9.17, 15) is 9.18 Å². The number of ether oxygens (including phenoxy) is 1. The molecule has 1 aliphatic carbocycles. The minimum Gasteiger partial charge on any atom is -0.488 e. The SMILES string of the molecule is CC(C)Oc1cc2c(cc1F)CN=C2c1cc(N2CCN(C(=O)C3CC3)CC2)ncn1. The summed E-state index contributed by atoms with van der Waals surface area (Å²) in [5.41, 5.74) is 3.12. The maximum atomic E-state index is 14.3. The van der Waals surface area contributed by atoms with Crippen molar-refractivity contribution in [2.75, 3.05) is 31.1 Å². The Morgan fingerprint density at radius 3 is 2.61 bits per heavy atom. The summed E-state index contributed by atoms with van der Waals surface area (Å²) in [6.45, 7) is 7.09. The van der Waals surface area contributed by atoms with Gasteiger partial charge in [-0.05, 0) is 44.4 Å². The number of hydrogen-bond acceptors (Lipinski definition) is 6. The molecule has 7 nitrogen and oxygen atoms in total. The number of hydrogen-bond donors (Lipinski definition) is 0. The number of benzene rings is 1. The second-order valence-electron chi connectivity index (χ2n) is 8.62. The molecule has 1 saturated heterocycles. The first-order valence-electron chi connectivity index (χ1n) is 10.9. The first-order valence-corrected chi connectivity index (χ1v) is 10.9. The van der Waals surface area contributed by atoms with Gasteiger partial charge >= 0.3 is 0 Å². The van der Waals surface area contributed by atoms with Crippen LogP contribution in [0.4, 0.5) is 10.2 Å². The van der Waals surface area contributed by atoms with Crippen LogP contribution in [0.1, 0.15) is 43.5 Å². The summed E-state index contributed by atoms with van der Waals surface area (Å²) in [6, 6.07) is 5.15. The molecule has 0 atom stereocenters. The van der Waals surface area contributed by atoms with Gasteiger partial charge in [0.05, 0.1) is 24.1 Å². The van der Waals surface area contributed by atoms with Crippen LogP contribution in [-0.4, -0.2) is 58.8 Å². The van der Waals surface area contributed by atoms with E-state index in [1.54, 1.807) is 12.4 Å². The van der Waals surface area contributed by atoms with Crippen molar-refractivity contribution in [1.29, 1.82) is 0 Å². The third-order valence-electron chi connectivity index (χ3n) is 5.92. The lowest BCUT2D eigenvalue weighted by atomic mass is 10.0. The summed E-state index contributed by atoms with van der Waals surface area (Å²) in [5, 5.41) is 0. The lowest BCUT2D eigenvalue weighted by Crippen LogP contribution is -2.49. The Bertz CT molecular complexity index is 1040. The van der Waals surface area contributed by atoms with E-state index in [4.69, 9.17) is 4.74 Å². The molecule has 0 bridgehead atoms. The Balaban J connectivity index is 1.34. The number of nitrogens with zero attached hydrogens (tertiary/aromatic N) is 5. The molecular weight excluding hydrogens is 397 g/mol. The number of fused-ring (bicyclic) bond motifs is 1. The van der Waals surface area contributed by atoms with E-state index in [1.807, 2.05) is 24.8 Å². The molecule has 0 radical (unpaired) electrons. The van der Waals surface area contributed by atoms with E-state index in [2.05, 4.69) is 19.9 Å². The second kappa shape index (κ2) is 7.90. The predicted octanol–water partition coefficient (Wildman–Crippen LogP) is 2.81. The Labute approximate surface area is 181 Å². The van der Waals surface area contributed by atoms with E-state index in [0.29, 0.717) is 31.2 Å². The van der Waals surface area contributed by atoms with Gasteiger partial charge in [0.25, 0.3) is 0 Å². The highest BCUT2D eigenvalue weighted by Gasteiger charge is 2.34. The van der Waals surface area contributed by atoms with Crippen LogP contribution in [0, 0.1) is 11.7 Å². The zero-order chi connectivity index (χ0) is 21.5. The molecule has 1 aromatic carbocycles. The van der Waals surface area contributed by atoms with Crippen LogP contribution >= 0.6 is 0 Å². The molecular formula is C23H26FN5O2. The summed E-state index contributed by atoms with van der Waals surface area (Å²) in [5.74, 6) is 1.24. The maximum absolute atomic E-state index is 14.3. The van der Waals surface area contributed by atoms with Crippen molar-refractivity contribution < 1.29 is 13.9 Å². The first-order chi connectivity index (χ1) is 15.0. The minimum atomic E-state index is -0.370. The summed E-state index contributed by atoms with van der Waals surface area (Å²) < 4.78 is 20.0. The highest BCUT2D eigenvalue weighted by atomic mass is 19.1. The second-order valence-corrected chi connectivity index (χ2v) is 8.62. The van der Waals surface area contributed by atoms with Crippen molar-refractivity contribution in [1.82, 2.24) is 14.9 Å². The molecule has 162 valence electrons. The molecule has 5 rings (SSSR count). The Hall–Kier alpha value is -3.03. The van der Waals surface area contributed by atoms with Crippen molar-refractivity contribution >= 4 is 17.4 Å². The van der Waals surface area contributed by atoms with Crippen LogP contribution < -0.4 is 9.64 Å². The Morgan fingerprint density at radius 1 is 1.13 bits per heavy atom. The van der Waals surface area contributed by atoms with Gasteiger partial charge in [0.15, 0.2) is 11.6 Å². The summed E-state index contributed by atoms with van der Waals surface area (Å²) in [6.07, 6.45) is 3.49. The van der Waals surface area contributed by atoms with Crippen LogP contribution in [-0.2, 0) is 11.3 Å². The monoisotopic (exact) mass is 423 g/mol. The van der Waals surface area contributed by atoms with Gasteiger partial charge < -0.3 is 14.5 Å². The summed E-state index contributed by atoms with van der Waals surface area (Å²) in [7, 11) is 0. The standard InChI is InChI=1S/C23H26FN5O2/c1-14(2)31-20-10-17-16(9-18(20)24)12-25-22(17)19-11-21(27-13-26-19)28-5-7-29(8-6-28)23(30)15-3-4-15/h9-11,13-15H,3-8,12H2,1-2H3. The van der Waals surface area contributed by atoms with Crippen molar-refractivity contribution in [3.05, 3.63) is 47.2 Å². The lowest BCUT2D eigenvalue weighted by Gasteiger charge is -2.35. The molecule has 3 heterocycles. The number of aliphatic imine (C=N–C) groups is 1. The van der Waals surface area contributed by atoms with Crippen molar-refractivity contribution in [2.24, 2.45) is 10.9 Å². The normalized spacial score (nSPS) is 18.3. The summed E-state index contributed by atoms with van der Waals surface area (Å²) >= 11 is 0. The topological polar surface area (TPSA) is 70.9 Å². The van der Waals surface area contributed by atoms with E-state index in [-0.39, 0.29) is 23.6 Å². The number of amides is 1. The highest BCUT2D eigenvalue weighted by molar-refractivity contribution is 6.14. The van der Waals surface area contributed by atoms with Gasteiger partial charge in [-0.2, -0.15) is 0 Å². The lowest BCUT2D eigenvalue weighted by molar-refractivity contribution is -0.132. The quantitative estimate of drug-likeness (QED) is 0.740. The number of carbonyl (C=O) groups is 1. The zero-order valence-electron chi connectivity index (χ0n) is 17.8. The highest BCUT2D eigenvalue weighted by Crippen LogP contribution is 2.32. The summed E-state index contributed by atoms with van der Waals surface area (Å²) in [4.78, 5) is 29.9. The third-order valence-corrected chi connectivity index (χ3v) is 5.92. The fourth-order valence-corrected chi connectivity index (χ4v) is 4.15. The molecule has 3 aliphatic rings.